The molecular weight excluding hydrogens is 555 g/mol. The van der Waals surface area contributed by atoms with E-state index in [-0.39, 0.29) is 42.9 Å². The molecule has 0 saturated carbocycles. The number of halogens is 1. The van der Waals surface area contributed by atoms with Gasteiger partial charge in [0, 0.05) is 25.9 Å². The van der Waals surface area contributed by atoms with Gasteiger partial charge in [0.05, 0.1) is 37.9 Å². The van der Waals surface area contributed by atoms with Gasteiger partial charge in [-0.25, -0.2) is 27.8 Å². The van der Waals surface area contributed by atoms with Crippen LogP contribution in [-0.4, -0.2) is 88.5 Å². The fraction of sp³-hybridized carbons (Fsp3) is 0.346. The molecule has 41 heavy (non-hydrogen) atoms. The number of aromatic nitrogens is 6. The number of aliphatic hydroxyl groups is 1. The minimum atomic E-state index is -4.17. The molecule has 218 valence electrons. The topological polar surface area (TPSA) is 157 Å². The number of anilines is 2. The van der Waals surface area contributed by atoms with Crippen molar-refractivity contribution in [2.75, 3.05) is 43.5 Å². The molecular formula is C26H31FN8O5S. The summed E-state index contributed by atoms with van der Waals surface area (Å²) in [6, 6.07) is 5.32. The smallest absolute Gasteiger partial charge is 0.243 e. The van der Waals surface area contributed by atoms with E-state index in [0.29, 0.717) is 23.8 Å². The molecule has 0 aliphatic carbocycles. The quantitative estimate of drug-likeness (QED) is 0.251. The minimum absolute atomic E-state index is 0.0487. The Hall–Kier alpha value is -4.21. The summed E-state index contributed by atoms with van der Waals surface area (Å²) < 4.78 is 55.1. The third kappa shape index (κ3) is 7.11. The molecule has 1 saturated heterocycles. The van der Waals surface area contributed by atoms with Crippen LogP contribution in [0.25, 0.3) is 17.2 Å². The van der Waals surface area contributed by atoms with Crippen molar-refractivity contribution in [1.29, 1.82) is 0 Å². The lowest BCUT2D eigenvalue weighted by atomic mass is 10.1. The van der Waals surface area contributed by atoms with Crippen LogP contribution in [0.5, 0.6) is 0 Å². The van der Waals surface area contributed by atoms with Crippen LogP contribution in [-0.2, 0) is 19.5 Å². The first-order valence-electron chi connectivity index (χ1n) is 12.5. The van der Waals surface area contributed by atoms with E-state index in [0.717, 1.165) is 12.4 Å². The number of nitrogens with one attached hydrogen (secondary N) is 1. The fourth-order valence-electron chi connectivity index (χ4n) is 4.23. The molecule has 4 heterocycles. The highest BCUT2D eigenvalue weighted by molar-refractivity contribution is 7.93. The zero-order valence-electron chi connectivity index (χ0n) is 22.8. The molecule has 1 aliphatic rings. The minimum Gasteiger partial charge on any atom is -0.495 e. The summed E-state index contributed by atoms with van der Waals surface area (Å²) in [5.74, 6) is -0.147. The molecule has 0 bridgehead atoms. The third-order valence-corrected chi connectivity index (χ3v) is 7.84. The molecule has 0 unspecified atom stereocenters. The number of β-amino-alcohol motifs (C(OH)–C–C–N with tert-alkyl or cyclic N) is 1. The van der Waals surface area contributed by atoms with Gasteiger partial charge < -0.3 is 19.5 Å². The molecule has 1 fully saturated rings. The first-order chi connectivity index (χ1) is 19.6. The summed E-state index contributed by atoms with van der Waals surface area (Å²) in [6.45, 7) is 6.35. The van der Waals surface area contributed by atoms with E-state index in [1.165, 1.54) is 16.6 Å². The molecule has 0 amide bonds. The lowest BCUT2D eigenvalue weighted by Crippen LogP contribution is -2.50. The maximum absolute atomic E-state index is 13.6. The van der Waals surface area contributed by atoms with Crippen LogP contribution in [0.3, 0.4) is 0 Å². The average Bonchev–Trinajstić information content (AvgIpc) is 3.35. The van der Waals surface area contributed by atoms with Crippen LogP contribution in [0.4, 0.5) is 16.3 Å². The molecule has 3 aromatic heterocycles. The van der Waals surface area contributed by atoms with Gasteiger partial charge in [-0.15, -0.1) is 10.2 Å². The number of rotatable bonds is 11. The zero-order valence-corrected chi connectivity index (χ0v) is 23.6. The van der Waals surface area contributed by atoms with Crippen molar-refractivity contribution < 1.29 is 27.4 Å². The molecule has 2 N–H and O–H groups in total. The normalized spacial score (nSPS) is 18.1. The number of sulfonamides is 1. The monoisotopic (exact) mass is 586 g/mol. The highest BCUT2D eigenvalue weighted by Gasteiger charge is 2.37. The predicted octanol–water partition coefficient (Wildman–Crippen LogP) is 2.16. The van der Waals surface area contributed by atoms with Crippen molar-refractivity contribution in [1.82, 2.24) is 29.7 Å². The number of ether oxygens (including phenoxy) is 2. The van der Waals surface area contributed by atoms with Gasteiger partial charge in [0.15, 0.2) is 11.6 Å². The molecule has 0 radical (unpaired) electrons. The van der Waals surface area contributed by atoms with Gasteiger partial charge in [-0.05, 0) is 31.6 Å². The summed E-state index contributed by atoms with van der Waals surface area (Å²) in [4.78, 5) is 13.8. The van der Waals surface area contributed by atoms with Gasteiger partial charge in [0.25, 0.3) is 0 Å². The van der Waals surface area contributed by atoms with Crippen LogP contribution in [0.2, 0.25) is 0 Å². The summed E-state index contributed by atoms with van der Waals surface area (Å²) >= 11 is 0. The molecule has 15 heteroatoms. The summed E-state index contributed by atoms with van der Waals surface area (Å²) in [5, 5.41) is 17.7. The second-order valence-electron chi connectivity index (χ2n) is 9.18. The number of pyridine rings is 1. The molecule has 0 aromatic carbocycles. The fourth-order valence-corrected chi connectivity index (χ4v) is 5.64. The van der Waals surface area contributed by atoms with E-state index < -0.39 is 27.2 Å². The zero-order chi connectivity index (χ0) is 29.6. The van der Waals surface area contributed by atoms with Crippen molar-refractivity contribution in [3.05, 3.63) is 72.7 Å². The molecule has 0 spiro atoms. The Morgan fingerprint density at radius 1 is 1.24 bits per heavy atom. The standard InChI is InChI=1S/C26H31FN8O5S/c1-17-8-7-9-22(30-17)24-31-32-26(35(24)18(2)23(40-4)10-5-6-11-39-3)33-41(37,38)21-12-20(36)15-34(16-21)25-28-13-19(27)14-29-25/h5-10,13-14,20-21,36H,2,11-12,15-16H2,1,3-4H3,(H,32,33)/b6-5-,23-10+/t20-,21+/m1/s1. The van der Waals surface area contributed by atoms with Gasteiger partial charge in [-0.1, -0.05) is 24.8 Å². The number of nitrogens with zero attached hydrogens (tertiary/aromatic N) is 7. The van der Waals surface area contributed by atoms with E-state index >= 15 is 0 Å². The average molecular weight is 587 g/mol. The second-order valence-corrected chi connectivity index (χ2v) is 11.1. The SMILES string of the molecule is C=C(/C(=C\C=C/COC)OC)n1c(NS(=O)(=O)[C@H]2C[C@@H](O)CN(c3ncc(F)cn3)C2)nnc1-c1cccc(C)n1. The van der Waals surface area contributed by atoms with E-state index in [9.17, 15) is 17.9 Å². The second kappa shape index (κ2) is 13.0. The van der Waals surface area contributed by atoms with Gasteiger partial charge in [-0.3, -0.25) is 9.29 Å². The predicted molar refractivity (Wildman–Crippen MR) is 151 cm³/mol. The van der Waals surface area contributed by atoms with E-state index in [4.69, 9.17) is 9.47 Å². The van der Waals surface area contributed by atoms with Crippen molar-refractivity contribution in [3.63, 3.8) is 0 Å². The van der Waals surface area contributed by atoms with Gasteiger partial charge in [0.2, 0.25) is 21.9 Å². The maximum Gasteiger partial charge on any atom is 0.243 e. The first kappa shape index (κ1) is 29.8. The van der Waals surface area contributed by atoms with E-state index in [1.54, 1.807) is 37.5 Å². The molecule has 1 aliphatic heterocycles. The Kier molecular flexibility index (Phi) is 9.42. The third-order valence-electron chi connectivity index (χ3n) is 6.15. The summed E-state index contributed by atoms with van der Waals surface area (Å²) in [6.07, 6.45) is 6.02. The number of aryl methyl sites for hydroxylation is 1. The number of hydrogen-bond donors (Lipinski definition) is 2. The number of aliphatic hydroxyl groups excluding tert-OH is 1. The lowest BCUT2D eigenvalue weighted by Gasteiger charge is -2.35. The Bertz CT molecular complexity index is 1540. The number of allylic oxidation sites excluding steroid dienone is 3. The summed E-state index contributed by atoms with van der Waals surface area (Å²) in [7, 11) is -1.14. The van der Waals surface area contributed by atoms with Gasteiger partial charge in [0.1, 0.15) is 16.7 Å². The van der Waals surface area contributed by atoms with E-state index in [1.807, 2.05) is 13.0 Å². The largest absolute Gasteiger partial charge is 0.495 e. The number of methoxy groups -OCH3 is 2. The molecule has 2 atom stereocenters. The van der Waals surface area contributed by atoms with Crippen LogP contribution < -0.4 is 9.62 Å². The Morgan fingerprint density at radius 3 is 2.68 bits per heavy atom. The van der Waals surface area contributed by atoms with Crippen molar-refractivity contribution in [2.24, 2.45) is 0 Å². The van der Waals surface area contributed by atoms with E-state index in [2.05, 4.69) is 36.5 Å². The molecule has 4 rings (SSSR count). The highest BCUT2D eigenvalue weighted by atomic mass is 32.2. The molecule has 3 aromatic rings. The van der Waals surface area contributed by atoms with Crippen LogP contribution in [0.1, 0.15) is 12.1 Å². The molecule has 13 nitrogen and oxygen atoms in total. The number of hydrogen-bond acceptors (Lipinski definition) is 11. The summed E-state index contributed by atoms with van der Waals surface area (Å²) in [5.41, 5.74) is 1.39. The van der Waals surface area contributed by atoms with Crippen molar-refractivity contribution in [2.45, 2.75) is 24.7 Å². The van der Waals surface area contributed by atoms with Crippen LogP contribution >= 0.6 is 0 Å². The Morgan fingerprint density at radius 2 is 2.00 bits per heavy atom. The van der Waals surface area contributed by atoms with Crippen molar-refractivity contribution in [3.8, 4) is 11.5 Å². The lowest BCUT2D eigenvalue weighted by molar-refractivity contribution is 0.154. The van der Waals surface area contributed by atoms with Crippen LogP contribution in [0.15, 0.2) is 61.2 Å². The number of piperidine rings is 1. The Labute approximate surface area is 237 Å². The maximum atomic E-state index is 13.6. The first-order valence-corrected chi connectivity index (χ1v) is 14.1. The van der Waals surface area contributed by atoms with Gasteiger partial charge >= 0.3 is 0 Å². The highest BCUT2D eigenvalue weighted by Crippen LogP contribution is 2.29. The Balaban J connectivity index is 1.70. The van der Waals surface area contributed by atoms with Crippen LogP contribution in [0, 0.1) is 12.7 Å². The van der Waals surface area contributed by atoms with Gasteiger partial charge in [-0.2, -0.15) is 0 Å². The van der Waals surface area contributed by atoms with Crippen molar-refractivity contribution >= 4 is 27.6 Å².